The summed E-state index contributed by atoms with van der Waals surface area (Å²) in [5, 5.41) is 13.1. The molecule has 0 radical (unpaired) electrons. The Balaban J connectivity index is 2.25. The summed E-state index contributed by atoms with van der Waals surface area (Å²) >= 11 is 0. The van der Waals surface area contributed by atoms with E-state index in [0.717, 1.165) is 0 Å². The second-order valence-corrected chi connectivity index (χ2v) is 4.68. The van der Waals surface area contributed by atoms with E-state index < -0.39 is 11.9 Å². The quantitative estimate of drug-likeness (QED) is 0.853. The average Bonchev–Trinajstić information content (AvgIpc) is 2.54. The highest BCUT2D eigenvalue weighted by molar-refractivity contribution is 5.94. The Hall–Kier alpha value is -1.66. The molecule has 100 valence electrons. The Morgan fingerprint density at radius 1 is 1.50 bits per heavy atom. The van der Waals surface area contributed by atoms with Crippen LogP contribution >= 0.6 is 0 Å². The highest BCUT2D eigenvalue weighted by atomic mass is 19.3. The van der Waals surface area contributed by atoms with Crippen molar-refractivity contribution in [3.8, 4) is 0 Å². The van der Waals surface area contributed by atoms with Crippen LogP contribution in [0.2, 0.25) is 0 Å². The number of aromatic carboxylic acids is 1. The third-order valence-electron chi connectivity index (χ3n) is 3.37. The molecule has 0 bridgehead atoms. The van der Waals surface area contributed by atoms with Gasteiger partial charge in [-0.15, -0.1) is 0 Å². The van der Waals surface area contributed by atoms with Crippen LogP contribution in [0.25, 0.3) is 0 Å². The smallest absolute Gasteiger partial charge is 0.341 e. The Morgan fingerprint density at radius 2 is 2.06 bits per heavy atom. The number of rotatable bonds is 2. The number of anilines is 1. The lowest BCUT2D eigenvalue weighted by Gasteiger charge is -2.28. The molecule has 7 heteroatoms. The number of halogens is 2. The van der Waals surface area contributed by atoms with E-state index in [-0.39, 0.29) is 43.1 Å². The highest BCUT2D eigenvalue weighted by Crippen LogP contribution is 2.39. The largest absolute Gasteiger partial charge is 0.477 e. The van der Waals surface area contributed by atoms with Crippen molar-refractivity contribution in [2.45, 2.75) is 44.6 Å². The van der Waals surface area contributed by atoms with E-state index >= 15 is 0 Å². The maximum absolute atomic E-state index is 13.1. The zero-order chi connectivity index (χ0) is 13.5. The fourth-order valence-electron chi connectivity index (χ4n) is 2.38. The Labute approximate surface area is 103 Å². The maximum Gasteiger partial charge on any atom is 0.341 e. The van der Waals surface area contributed by atoms with Crippen molar-refractivity contribution in [1.29, 1.82) is 0 Å². The predicted octanol–water partition coefficient (Wildman–Crippen LogP) is 2.22. The van der Waals surface area contributed by atoms with Gasteiger partial charge >= 0.3 is 5.97 Å². The van der Waals surface area contributed by atoms with Gasteiger partial charge in [0.1, 0.15) is 11.4 Å². The van der Waals surface area contributed by atoms with Crippen LogP contribution < -0.4 is 5.73 Å². The maximum atomic E-state index is 13.1. The molecule has 1 heterocycles. The number of nitrogens with zero attached hydrogens (tertiary/aromatic N) is 2. The van der Waals surface area contributed by atoms with Crippen molar-refractivity contribution in [1.82, 2.24) is 9.78 Å². The molecule has 0 saturated heterocycles. The fraction of sp³-hybridized carbons (Fsp3) is 0.636. The lowest BCUT2D eigenvalue weighted by molar-refractivity contribution is -0.0448. The van der Waals surface area contributed by atoms with E-state index in [9.17, 15) is 13.6 Å². The fourth-order valence-corrected chi connectivity index (χ4v) is 2.38. The Bertz CT molecular complexity index is 475. The molecular weight excluding hydrogens is 244 g/mol. The molecule has 1 aromatic heterocycles. The van der Waals surface area contributed by atoms with Gasteiger partial charge in [0, 0.05) is 12.8 Å². The third-order valence-corrected chi connectivity index (χ3v) is 3.37. The highest BCUT2D eigenvalue weighted by Gasteiger charge is 2.37. The Morgan fingerprint density at radius 3 is 2.50 bits per heavy atom. The van der Waals surface area contributed by atoms with E-state index in [1.807, 2.05) is 0 Å². The average molecular weight is 259 g/mol. The molecule has 5 nitrogen and oxygen atoms in total. The molecule has 1 saturated carbocycles. The first kappa shape index (κ1) is 12.8. The van der Waals surface area contributed by atoms with Crippen molar-refractivity contribution in [3.05, 3.63) is 11.3 Å². The standard InChI is InChI=1S/C11H15F2N3O2/c1-6-8(10(17)18)9(14)16(15-6)7-2-4-11(12,13)5-3-7/h7H,2-5,14H2,1H3,(H,17,18). The number of aromatic nitrogens is 2. The molecule has 2 rings (SSSR count). The molecule has 1 aliphatic carbocycles. The minimum atomic E-state index is -2.62. The molecule has 3 N–H and O–H groups in total. The molecule has 0 spiro atoms. The van der Waals surface area contributed by atoms with E-state index in [0.29, 0.717) is 5.69 Å². The Kier molecular flexibility index (Phi) is 3.00. The first-order valence-electron chi connectivity index (χ1n) is 5.77. The van der Waals surface area contributed by atoms with E-state index in [4.69, 9.17) is 10.8 Å². The second kappa shape index (κ2) is 4.22. The second-order valence-electron chi connectivity index (χ2n) is 4.68. The molecule has 0 amide bonds. The number of nitrogen functional groups attached to an aromatic ring is 1. The molecule has 0 aromatic carbocycles. The van der Waals surface area contributed by atoms with E-state index in [1.165, 1.54) is 4.68 Å². The van der Waals surface area contributed by atoms with E-state index in [2.05, 4.69) is 5.10 Å². The summed E-state index contributed by atoms with van der Waals surface area (Å²) in [6.45, 7) is 1.55. The minimum Gasteiger partial charge on any atom is -0.477 e. The van der Waals surface area contributed by atoms with Crippen molar-refractivity contribution in [2.24, 2.45) is 0 Å². The lowest BCUT2D eigenvalue weighted by atomic mass is 9.92. The number of carboxylic acids is 1. The summed E-state index contributed by atoms with van der Waals surface area (Å²) in [5.74, 6) is -3.71. The van der Waals surface area contributed by atoms with Crippen LogP contribution in [0.4, 0.5) is 14.6 Å². The van der Waals surface area contributed by atoms with Crippen molar-refractivity contribution < 1.29 is 18.7 Å². The molecule has 1 aliphatic rings. The van der Waals surface area contributed by atoms with Gasteiger partial charge in [-0.2, -0.15) is 5.10 Å². The van der Waals surface area contributed by atoms with Gasteiger partial charge in [0.25, 0.3) is 0 Å². The number of aryl methyl sites for hydroxylation is 1. The first-order chi connectivity index (χ1) is 8.32. The molecule has 0 unspecified atom stereocenters. The van der Waals surface area contributed by atoms with Crippen LogP contribution in [0, 0.1) is 6.92 Å². The van der Waals surface area contributed by atoms with Crippen LogP contribution in [0.3, 0.4) is 0 Å². The molecule has 1 aromatic rings. The summed E-state index contributed by atoms with van der Waals surface area (Å²) in [6.07, 6.45) is 0.103. The van der Waals surface area contributed by atoms with Crippen molar-refractivity contribution in [2.75, 3.05) is 5.73 Å². The van der Waals surface area contributed by atoms with Crippen molar-refractivity contribution >= 4 is 11.8 Å². The monoisotopic (exact) mass is 259 g/mol. The van der Waals surface area contributed by atoms with Crippen LogP contribution in [-0.2, 0) is 0 Å². The number of alkyl halides is 2. The molecule has 0 atom stereocenters. The van der Waals surface area contributed by atoms with Gasteiger partial charge < -0.3 is 10.8 Å². The molecular formula is C11H15F2N3O2. The summed E-state index contributed by atoms with van der Waals surface area (Å²) in [7, 11) is 0. The summed E-state index contributed by atoms with van der Waals surface area (Å²) in [6, 6.07) is -0.239. The number of hydrogen-bond acceptors (Lipinski definition) is 3. The number of hydrogen-bond donors (Lipinski definition) is 2. The zero-order valence-electron chi connectivity index (χ0n) is 9.99. The third kappa shape index (κ3) is 2.16. The van der Waals surface area contributed by atoms with Crippen LogP contribution in [-0.4, -0.2) is 26.8 Å². The van der Waals surface area contributed by atoms with Crippen LogP contribution in [0.15, 0.2) is 0 Å². The SMILES string of the molecule is Cc1nn(C2CCC(F)(F)CC2)c(N)c1C(=O)O. The van der Waals surface area contributed by atoms with Gasteiger partial charge in [-0.1, -0.05) is 0 Å². The van der Waals surface area contributed by atoms with Crippen molar-refractivity contribution in [3.63, 3.8) is 0 Å². The van der Waals surface area contributed by atoms with Gasteiger partial charge in [-0.3, -0.25) is 0 Å². The van der Waals surface area contributed by atoms with Crippen LogP contribution in [0.5, 0.6) is 0 Å². The van der Waals surface area contributed by atoms with Gasteiger partial charge in [0.15, 0.2) is 0 Å². The zero-order valence-corrected chi connectivity index (χ0v) is 9.99. The topological polar surface area (TPSA) is 81.1 Å². The predicted molar refractivity (Wildman–Crippen MR) is 60.8 cm³/mol. The van der Waals surface area contributed by atoms with Gasteiger partial charge in [0.05, 0.1) is 11.7 Å². The number of carboxylic acid groups (broad SMARTS) is 1. The van der Waals surface area contributed by atoms with Crippen LogP contribution in [0.1, 0.15) is 47.8 Å². The lowest BCUT2D eigenvalue weighted by Crippen LogP contribution is -2.27. The normalized spacial score (nSPS) is 19.9. The number of carbonyl (C=O) groups is 1. The molecule has 1 fully saturated rings. The first-order valence-corrected chi connectivity index (χ1v) is 5.77. The summed E-state index contributed by atoms with van der Waals surface area (Å²) in [4.78, 5) is 11.0. The summed E-state index contributed by atoms with van der Waals surface area (Å²) in [5.41, 5.74) is 6.02. The molecule has 18 heavy (non-hydrogen) atoms. The van der Waals surface area contributed by atoms with Gasteiger partial charge in [-0.05, 0) is 19.8 Å². The molecule has 0 aliphatic heterocycles. The minimum absolute atomic E-state index is 0.0349. The van der Waals surface area contributed by atoms with E-state index in [1.54, 1.807) is 6.92 Å². The number of nitrogens with two attached hydrogens (primary N) is 1. The van der Waals surface area contributed by atoms with Gasteiger partial charge in [-0.25, -0.2) is 18.3 Å². The summed E-state index contributed by atoms with van der Waals surface area (Å²) < 4.78 is 27.5. The van der Waals surface area contributed by atoms with Gasteiger partial charge in [0.2, 0.25) is 5.92 Å².